The van der Waals surface area contributed by atoms with E-state index in [1.807, 2.05) is 12.1 Å². The van der Waals surface area contributed by atoms with Gasteiger partial charge in [0.1, 0.15) is 17.3 Å². The van der Waals surface area contributed by atoms with E-state index >= 15 is 0 Å². The molecule has 3 aromatic heterocycles. The van der Waals surface area contributed by atoms with E-state index in [0.29, 0.717) is 22.9 Å². The molecule has 4 heterocycles. The van der Waals surface area contributed by atoms with Crippen molar-refractivity contribution in [2.45, 2.75) is 6.92 Å². The number of amides is 1. The molecule has 1 amide bonds. The van der Waals surface area contributed by atoms with E-state index in [1.165, 1.54) is 6.20 Å². The van der Waals surface area contributed by atoms with E-state index in [-0.39, 0.29) is 11.9 Å². The minimum absolute atomic E-state index is 0.172. The molecule has 31 heavy (non-hydrogen) atoms. The zero-order valence-electron chi connectivity index (χ0n) is 17.3. The predicted molar refractivity (Wildman–Crippen MR) is 116 cm³/mol. The van der Waals surface area contributed by atoms with Gasteiger partial charge >= 0.3 is 0 Å². The van der Waals surface area contributed by atoms with Crippen LogP contribution >= 0.6 is 0 Å². The lowest BCUT2D eigenvalue weighted by Gasteiger charge is -2.26. The van der Waals surface area contributed by atoms with Crippen LogP contribution in [0.1, 0.15) is 16.2 Å². The third kappa shape index (κ3) is 5.77. The van der Waals surface area contributed by atoms with Gasteiger partial charge in [-0.05, 0) is 31.2 Å². The standard InChI is InChI=1S/C21H24N8O2/c1-15-25-19(17-4-2-3-7-22-17)27-21(26-15)28-20(30)16-5-6-18(24-14-16)23-8-9-29-10-12-31-13-11-29/h2-7,14H,8-13H2,1H3,(H,23,24)(H,25,26,27,28,30). The summed E-state index contributed by atoms with van der Waals surface area (Å²) in [5, 5.41) is 5.98. The van der Waals surface area contributed by atoms with Crippen molar-refractivity contribution in [3.63, 3.8) is 0 Å². The van der Waals surface area contributed by atoms with Gasteiger partial charge in [-0.2, -0.15) is 9.97 Å². The lowest BCUT2D eigenvalue weighted by molar-refractivity contribution is 0.0398. The summed E-state index contributed by atoms with van der Waals surface area (Å²) in [6.07, 6.45) is 3.19. The largest absolute Gasteiger partial charge is 0.379 e. The number of carbonyl (C=O) groups is 1. The smallest absolute Gasteiger partial charge is 0.259 e. The van der Waals surface area contributed by atoms with Crippen LogP contribution < -0.4 is 10.6 Å². The number of pyridine rings is 2. The first kappa shape index (κ1) is 20.8. The van der Waals surface area contributed by atoms with Gasteiger partial charge in [0.05, 0.1) is 18.8 Å². The average Bonchev–Trinajstić information content (AvgIpc) is 2.80. The Morgan fingerprint density at radius 3 is 2.71 bits per heavy atom. The van der Waals surface area contributed by atoms with Crippen molar-refractivity contribution in [1.82, 2.24) is 29.8 Å². The van der Waals surface area contributed by atoms with Gasteiger partial charge in [0, 0.05) is 38.6 Å². The average molecular weight is 420 g/mol. The maximum absolute atomic E-state index is 12.6. The van der Waals surface area contributed by atoms with E-state index in [9.17, 15) is 4.79 Å². The minimum atomic E-state index is -0.343. The third-order valence-electron chi connectivity index (χ3n) is 4.73. The summed E-state index contributed by atoms with van der Waals surface area (Å²) in [5.41, 5.74) is 1.02. The number of hydrogen-bond acceptors (Lipinski definition) is 9. The molecule has 0 saturated carbocycles. The van der Waals surface area contributed by atoms with Gasteiger partial charge in [0.15, 0.2) is 5.82 Å². The molecule has 1 fully saturated rings. The van der Waals surface area contributed by atoms with Gasteiger partial charge in [-0.3, -0.25) is 20.0 Å². The number of aromatic nitrogens is 5. The van der Waals surface area contributed by atoms with E-state index in [1.54, 1.807) is 31.3 Å². The van der Waals surface area contributed by atoms with Crippen molar-refractivity contribution < 1.29 is 9.53 Å². The quantitative estimate of drug-likeness (QED) is 0.588. The second kappa shape index (κ2) is 10.0. The Morgan fingerprint density at radius 2 is 1.97 bits per heavy atom. The highest BCUT2D eigenvalue weighted by Gasteiger charge is 2.13. The molecular formula is C21H24N8O2. The molecule has 10 nitrogen and oxygen atoms in total. The molecule has 3 aromatic rings. The molecule has 160 valence electrons. The Morgan fingerprint density at radius 1 is 1.10 bits per heavy atom. The number of morpholine rings is 1. The van der Waals surface area contributed by atoms with E-state index in [2.05, 4.69) is 40.5 Å². The summed E-state index contributed by atoms with van der Waals surface area (Å²) in [6.45, 7) is 6.91. The van der Waals surface area contributed by atoms with Crippen molar-refractivity contribution in [2.75, 3.05) is 50.0 Å². The summed E-state index contributed by atoms with van der Waals surface area (Å²) in [7, 11) is 0. The zero-order chi connectivity index (χ0) is 21.5. The number of hydrogen-bond donors (Lipinski definition) is 2. The number of aryl methyl sites for hydroxylation is 1. The van der Waals surface area contributed by atoms with Gasteiger partial charge in [-0.25, -0.2) is 9.97 Å². The van der Waals surface area contributed by atoms with Crippen LogP contribution in [0.25, 0.3) is 11.5 Å². The van der Waals surface area contributed by atoms with Crippen LogP contribution in [0.5, 0.6) is 0 Å². The second-order valence-corrected chi connectivity index (χ2v) is 7.01. The van der Waals surface area contributed by atoms with Crippen molar-refractivity contribution in [1.29, 1.82) is 0 Å². The van der Waals surface area contributed by atoms with Gasteiger partial charge in [-0.1, -0.05) is 6.07 Å². The molecule has 1 saturated heterocycles. The number of carbonyl (C=O) groups excluding carboxylic acids is 1. The van der Waals surface area contributed by atoms with Crippen LogP contribution in [0.3, 0.4) is 0 Å². The molecular weight excluding hydrogens is 396 g/mol. The fraction of sp³-hybridized carbons (Fsp3) is 0.333. The predicted octanol–water partition coefficient (Wildman–Crippen LogP) is 1.63. The number of nitrogens with zero attached hydrogens (tertiary/aromatic N) is 6. The van der Waals surface area contributed by atoms with Gasteiger partial charge in [0.25, 0.3) is 5.91 Å². The molecule has 1 aliphatic rings. The lowest BCUT2D eigenvalue weighted by atomic mass is 10.2. The van der Waals surface area contributed by atoms with Crippen LogP contribution in [0.4, 0.5) is 11.8 Å². The SMILES string of the molecule is Cc1nc(NC(=O)c2ccc(NCCN3CCOCC3)nc2)nc(-c2ccccn2)n1. The van der Waals surface area contributed by atoms with Crippen molar-refractivity contribution in [3.05, 3.63) is 54.1 Å². The Bertz CT molecular complexity index is 1010. The molecule has 0 unspecified atom stereocenters. The second-order valence-electron chi connectivity index (χ2n) is 7.01. The highest BCUT2D eigenvalue weighted by atomic mass is 16.5. The van der Waals surface area contributed by atoms with E-state index in [0.717, 1.165) is 45.2 Å². The molecule has 0 aliphatic carbocycles. The minimum Gasteiger partial charge on any atom is -0.379 e. The summed E-state index contributed by atoms with van der Waals surface area (Å²) < 4.78 is 5.35. The van der Waals surface area contributed by atoms with E-state index < -0.39 is 0 Å². The topological polar surface area (TPSA) is 118 Å². The first-order chi connectivity index (χ1) is 15.2. The fourth-order valence-corrected chi connectivity index (χ4v) is 3.12. The summed E-state index contributed by atoms with van der Waals surface area (Å²) in [5.74, 6) is 1.44. The number of rotatable bonds is 7. The monoisotopic (exact) mass is 420 g/mol. The first-order valence-electron chi connectivity index (χ1n) is 10.1. The van der Waals surface area contributed by atoms with Crippen LogP contribution in [0.15, 0.2) is 42.7 Å². The maximum atomic E-state index is 12.6. The lowest BCUT2D eigenvalue weighted by Crippen LogP contribution is -2.39. The van der Waals surface area contributed by atoms with Crippen LogP contribution in [-0.4, -0.2) is 75.1 Å². The normalized spacial score (nSPS) is 14.2. The molecule has 0 spiro atoms. The van der Waals surface area contributed by atoms with Crippen molar-refractivity contribution >= 4 is 17.7 Å². The van der Waals surface area contributed by atoms with Gasteiger partial charge in [0.2, 0.25) is 5.95 Å². The molecule has 4 rings (SSSR count). The molecule has 10 heteroatoms. The first-order valence-corrected chi connectivity index (χ1v) is 10.1. The van der Waals surface area contributed by atoms with Crippen molar-refractivity contribution in [3.8, 4) is 11.5 Å². The zero-order valence-corrected chi connectivity index (χ0v) is 17.3. The van der Waals surface area contributed by atoms with Crippen LogP contribution in [0, 0.1) is 6.92 Å². The Kier molecular flexibility index (Phi) is 6.70. The van der Waals surface area contributed by atoms with Gasteiger partial charge in [-0.15, -0.1) is 0 Å². The molecule has 0 radical (unpaired) electrons. The maximum Gasteiger partial charge on any atom is 0.259 e. The molecule has 0 aromatic carbocycles. The fourth-order valence-electron chi connectivity index (χ4n) is 3.12. The summed E-state index contributed by atoms with van der Waals surface area (Å²) in [4.78, 5) is 36.3. The Labute approximate surface area is 180 Å². The molecule has 2 N–H and O–H groups in total. The Hall–Kier alpha value is -3.50. The van der Waals surface area contributed by atoms with Gasteiger partial charge < -0.3 is 10.1 Å². The Balaban J connectivity index is 1.35. The third-order valence-corrected chi connectivity index (χ3v) is 4.73. The highest BCUT2D eigenvalue weighted by molar-refractivity contribution is 6.03. The molecule has 0 bridgehead atoms. The number of ether oxygens (including phenoxy) is 1. The number of nitrogens with one attached hydrogen (secondary N) is 2. The van der Waals surface area contributed by atoms with E-state index in [4.69, 9.17) is 4.74 Å². The van der Waals surface area contributed by atoms with Crippen LogP contribution in [-0.2, 0) is 4.74 Å². The molecule has 1 aliphatic heterocycles. The van der Waals surface area contributed by atoms with Crippen molar-refractivity contribution in [2.24, 2.45) is 0 Å². The molecule has 0 atom stereocenters. The summed E-state index contributed by atoms with van der Waals surface area (Å²) in [6, 6.07) is 8.96. The van der Waals surface area contributed by atoms with Crippen LogP contribution in [0.2, 0.25) is 0 Å². The highest BCUT2D eigenvalue weighted by Crippen LogP contribution is 2.14. The summed E-state index contributed by atoms with van der Waals surface area (Å²) >= 11 is 0. The number of anilines is 2.